The third-order valence-electron chi connectivity index (χ3n) is 3.72. The minimum absolute atomic E-state index is 0.0192. The van der Waals surface area contributed by atoms with Crippen LogP contribution in [0.4, 0.5) is 5.82 Å². The molecule has 1 aliphatic heterocycles. The Hall–Kier alpha value is -1.96. The van der Waals surface area contributed by atoms with Crippen molar-refractivity contribution in [1.29, 1.82) is 0 Å². The Bertz CT molecular complexity index is 514. The number of aromatic nitrogens is 2. The summed E-state index contributed by atoms with van der Waals surface area (Å²) < 4.78 is 1.56. The highest BCUT2D eigenvalue weighted by molar-refractivity contribution is 5.70. The number of carboxylic acid groups (broad SMARTS) is 1. The molecule has 0 bridgehead atoms. The van der Waals surface area contributed by atoms with Gasteiger partial charge in [-0.15, -0.1) is 0 Å². The summed E-state index contributed by atoms with van der Waals surface area (Å²) in [5.74, 6) is -0.514. The van der Waals surface area contributed by atoms with Gasteiger partial charge in [0.05, 0.1) is 5.92 Å². The monoisotopic (exact) mass is 282 g/mol. The first-order chi connectivity index (χ1) is 9.49. The molecular weight excluding hydrogens is 264 g/mol. The lowest BCUT2D eigenvalue weighted by atomic mass is 9.98. The molecule has 20 heavy (non-hydrogen) atoms. The molecule has 0 amide bonds. The van der Waals surface area contributed by atoms with Gasteiger partial charge >= 0.3 is 11.8 Å². The Morgan fingerprint density at radius 3 is 3.00 bits per heavy atom. The lowest BCUT2D eigenvalue weighted by Crippen LogP contribution is -2.40. The molecule has 1 atom stereocenters. The molecule has 1 aromatic heterocycles. The number of hydrogen-bond acceptors (Lipinski definition) is 5. The summed E-state index contributed by atoms with van der Waals surface area (Å²) >= 11 is 0. The van der Waals surface area contributed by atoms with Crippen molar-refractivity contribution in [3.05, 3.63) is 22.1 Å². The number of carboxylic acids is 1. The fraction of sp³-hybridized carbons (Fsp3) is 0.667. The fourth-order valence-electron chi connectivity index (χ4n) is 2.58. The van der Waals surface area contributed by atoms with Crippen LogP contribution in [0.3, 0.4) is 0 Å². The van der Waals surface area contributed by atoms with Crippen LogP contribution in [0, 0.1) is 23.0 Å². The first-order valence-electron chi connectivity index (χ1n) is 6.60. The second kappa shape index (κ2) is 6.00. The lowest BCUT2D eigenvalue weighted by Gasteiger charge is -2.30. The Balaban J connectivity index is 1.97. The van der Waals surface area contributed by atoms with Gasteiger partial charge in [0.1, 0.15) is 12.7 Å². The number of piperidine rings is 1. The highest BCUT2D eigenvalue weighted by Gasteiger charge is 2.26. The van der Waals surface area contributed by atoms with E-state index in [1.165, 1.54) is 6.20 Å². The topological polar surface area (TPSA) is 102 Å². The van der Waals surface area contributed by atoms with Gasteiger partial charge in [0.2, 0.25) is 0 Å². The van der Waals surface area contributed by atoms with Crippen LogP contribution < -0.4 is 0 Å². The molecule has 8 nitrogen and oxygen atoms in total. The highest BCUT2D eigenvalue weighted by atomic mass is 16.6. The molecule has 2 heterocycles. The van der Waals surface area contributed by atoms with E-state index in [0.717, 1.165) is 13.0 Å². The molecule has 0 saturated carbocycles. The molecule has 0 radical (unpaired) electrons. The molecule has 0 aromatic carbocycles. The van der Waals surface area contributed by atoms with Crippen molar-refractivity contribution < 1.29 is 14.8 Å². The summed E-state index contributed by atoms with van der Waals surface area (Å²) in [6.45, 7) is 4.13. The summed E-state index contributed by atoms with van der Waals surface area (Å²) in [5.41, 5.74) is 0. The molecular formula is C12H18N4O4. The van der Waals surface area contributed by atoms with Crippen LogP contribution in [-0.2, 0) is 11.3 Å². The quantitative estimate of drug-likeness (QED) is 0.636. The van der Waals surface area contributed by atoms with Gasteiger partial charge < -0.3 is 15.2 Å². The first kappa shape index (κ1) is 14.4. The van der Waals surface area contributed by atoms with E-state index in [4.69, 9.17) is 5.11 Å². The van der Waals surface area contributed by atoms with Crippen molar-refractivity contribution in [3.8, 4) is 0 Å². The Morgan fingerprint density at radius 1 is 1.60 bits per heavy atom. The summed E-state index contributed by atoms with van der Waals surface area (Å²) in [7, 11) is 0. The predicted molar refractivity (Wildman–Crippen MR) is 70.4 cm³/mol. The Morgan fingerprint density at radius 2 is 2.35 bits per heavy atom. The fourth-order valence-corrected chi connectivity index (χ4v) is 2.58. The van der Waals surface area contributed by atoms with E-state index in [1.807, 2.05) is 4.90 Å². The normalized spacial score (nSPS) is 19.9. The van der Waals surface area contributed by atoms with E-state index in [-0.39, 0.29) is 11.7 Å². The zero-order valence-electron chi connectivity index (χ0n) is 11.4. The maximum absolute atomic E-state index is 11.0. The van der Waals surface area contributed by atoms with E-state index in [2.05, 4.69) is 4.98 Å². The summed E-state index contributed by atoms with van der Waals surface area (Å²) in [5, 5.41) is 19.9. The number of hydrogen-bond donors (Lipinski definition) is 1. The standard InChI is InChI=1S/C12H18N4O4/c1-9-13-7-11(16(19)20)15(9)6-5-14-4-2-3-10(8-14)12(17)18/h7,10H,2-6,8H2,1H3,(H,17,18). The Kier molecular flexibility index (Phi) is 4.33. The molecule has 1 saturated heterocycles. The van der Waals surface area contributed by atoms with Gasteiger partial charge in [0.15, 0.2) is 5.82 Å². The van der Waals surface area contributed by atoms with Crippen LogP contribution >= 0.6 is 0 Å². The zero-order valence-corrected chi connectivity index (χ0v) is 11.4. The maximum Gasteiger partial charge on any atom is 0.342 e. The molecule has 2 rings (SSSR count). The second-order valence-electron chi connectivity index (χ2n) is 5.05. The van der Waals surface area contributed by atoms with Gasteiger partial charge in [-0.25, -0.2) is 9.55 Å². The molecule has 1 N–H and O–H groups in total. The summed E-state index contributed by atoms with van der Waals surface area (Å²) in [6, 6.07) is 0. The van der Waals surface area contributed by atoms with E-state index in [9.17, 15) is 14.9 Å². The average Bonchev–Trinajstić information content (AvgIpc) is 2.78. The summed E-state index contributed by atoms with van der Waals surface area (Å²) in [4.78, 5) is 27.4. The number of nitro groups is 1. The second-order valence-corrected chi connectivity index (χ2v) is 5.05. The van der Waals surface area contributed by atoms with E-state index >= 15 is 0 Å². The number of nitrogens with zero attached hydrogens (tertiary/aromatic N) is 4. The number of rotatable bonds is 5. The minimum Gasteiger partial charge on any atom is -0.481 e. The van der Waals surface area contributed by atoms with Crippen LogP contribution in [0.15, 0.2) is 6.20 Å². The van der Waals surface area contributed by atoms with Gasteiger partial charge in [0.25, 0.3) is 0 Å². The van der Waals surface area contributed by atoms with Crippen molar-refractivity contribution in [1.82, 2.24) is 14.5 Å². The third kappa shape index (κ3) is 3.13. The molecule has 110 valence electrons. The average molecular weight is 282 g/mol. The van der Waals surface area contributed by atoms with E-state index < -0.39 is 10.9 Å². The molecule has 0 spiro atoms. The maximum atomic E-state index is 11.0. The van der Waals surface area contributed by atoms with Gasteiger partial charge in [-0.05, 0) is 24.3 Å². The van der Waals surface area contributed by atoms with E-state index in [1.54, 1.807) is 11.5 Å². The van der Waals surface area contributed by atoms with Gasteiger partial charge in [-0.2, -0.15) is 0 Å². The number of carbonyl (C=O) groups is 1. The van der Waals surface area contributed by atoms with Gasteiger partial charge in [0, 0.05) is 20.0 Å². The van der Waals surface area contributed by atoms with Crippen LogP contribution in [0.1, 0.15) is 18.7 Å². The third-order valence-corrected chi connectivity index (χ3v) is 3.72. The largest absolute Gasteiger partial charge is 0.481 e. The van der Waals surface area contributed by atoms with Crippen LogP contribution in [-0.4, -0.2) is 50.1 Å². The van der Waals surface area contributed by atoms with Crippen molar-refractivity contribution in [2.24, 2.45) is 5.92 Å². The number of likely N-dealkylation sites (tertiary alicyclic amines) is 1. The van der Waals surface area contributed by atoms with Crippen LogP contribution in [0.5, 0.6) is 0 Å². The molecule has 1 unspecified atom stereocenters. The van der Waals surface area contributed by atoms with Crippen molar-refractivity contribution in [3.63, 3.8) is 0 Å². The predicted octanol–water partition coefficient (Wildman–Crippen LogP) is 0.896. The van der Waals surface area contributed by atoms with Crippen molar-refractivity contribution in [2.75, 3.05) is 19.6 Å². The number of aliphatic carboxylic acids is 1. The molecule has 1 aliphatic rings. The molecule has 1 aromatic rings. The van der Waals surface area contributed by atoms with Crippen molar-refractivity contribution >= 4 is 11.8 Å². The molecule has 8 heteroatoms. The van der Waals surface area contributed by atoms with Crippen LogP contribution in [0.2, 0.25) is 0 Å². The highest BCUT2D eigenvalue weighted by Crippen LogP contribution is 2.18. The SMILES string of the molecule is Cc1ncc([N+](=O)[O-])n1CCN1CCCC(C(=O)O)C1. The first-order valence-corrected chi connectivity index (χ1v) is 6.60. The Labute approximate surface area is 116 Å². The number of imidazole rings is 1. The lowest BCUT2D eigenvalue weighted by molar-refractivity contribution is -0.392. The minimum atomic E-state index is -0.764. The smallest absolute Gasteiger partial charge is 0.342 e. The van der Waals surface area contributed by atoms with Crippen molar-refractivity contribution in [2.45, 2.75) is 26.3 Å². The van der Waals surface area contributed by atoms with Crippen LogP contribution in [0.25, 0.3) is 0 Å². The molecule has 1 fully saturated rings. The van der Waals surface area contributed by atoms with Gasteiger partial charge in [-0.1, -0.05) is 0 Å². The summed E-state index contributed by atoms with van der Waals surface area (Å²) in [6.07, 6.45) is 2.81. The number of aryl methyl sites for hydroxylation is 1. The zero-order chi connectivity index (χ0) is 14.7. The molecule has 0 aliphatic carbocycles. The van der Waals surface area contributed by atoms with Gasteiger partial charge in [-0.3, -0.25) is 9.69 Å². The van der Waals surface area contributed by atoms with E-state index in [0.29, 0.717) is 31.9 Å².